The Hall–Kier alpha value is -7.77. The van der Waals surface area contributed by atoms with Crippen LogP contribution < -0.4 is 0 Å². The Kier molecular flexibility index (Phi) is 7.40. The van der Waals surface area contributed by atoms with Crippen molar-refractivity contribution >= 4 is 83.9 Å². The van der Waals surface area contributed by atoms with Crippen LogP contribution in [0.4, 0.5) is 0 Å². The van der Waals surface area contributed by atoms with Crippen LogP contribution in [0.3, 0.4) is 0 Å². The van der Waals surface area contributed by atoms with E-state index in [0.717, 1.165) is 111 Å². The zero-order chi connectivity index (χ0) is 38.0. The molecule has 57 heavy (non-hydrogen) atoms. The first-order valence-electron chi connectivity index (χ1n) is 18.9. The van der Waals surface area contributed by atoms with Gasteiger partial charge in [-0.1, -0.05) is 103 Å². The van der Waals surface area contributed by atoms with Gasteiger partial charge in [0, 0.05) is 57.5 Å². The molecule has 0 bridgehead atoms. The van der Waals surface area contributed by atoms with E-state index in [9.17, 15) is 0 Å². The van der Waals surface area contributed by atoms with Crippen LogP contribution in [0.15, 0.2) is 169 Å². The smallest absolute Gasteiger partial charge is 0.146 e. The van der Waals surface area contributed by atoms with Crippen LogP contribution in [0.1, 0.15) is 11.4 Å². The Morgan fingerprint density at radius 2 is 1.26 bits per heavy atom. The molecule has 11 aromatic rings. The van der Waals surface area contributed by atoms with E-state index < -0.39 is 0 Å². The standard InChI is InChI=1S/C50H33N7/c1-31-54-42(32-12-4-3-5-13-32)29-56(31)30-43(51-2)47-38-17-8-6-15-36(38)46(37-16-7-9-18-39(37)47)35-22-24-44-41(28-35)40-19-11-27-53-50(40)57(44)45-25-23-34-21-20-33-14-10-26-52-48(33)49(34)55-45/h3-30H,2H2,1H3/b43-30-. The van der Waals surface area contributed by atoms with Crippen LogP contribution in [0.2, 0.25) is 0 Å². The van der Waals surface area contributed by atoms with Crippen LogP contribution >= 0.6 is 0 Å². The number of fused-ring (bicyclic) bond motifs is 8. The molecule has 0 N–H and O–H groups in total. The number of aromatic nitrogens is 6. The number of imidazole rings is 1. The fourth-order valence-electron chi connectivity index (χ4n) is 8.47. The summed E-state index contributed by atoms with van der Waals surface area (Å²) in [7, 11) is 0. The van der Waals surface area contributed by atoms with Crippen molar-refractivity contribution in [2.75, 3.05) is 0 Å². The van der Waals surface area contributed by atoms with Gasteiger partial charge in [0.1, 0.15) is 17.3 Å². The van der Waals surface area contributed by atoms with Gasteiger partial charge in [0.25, 0.3) is 0 Å². The molecule has 0 radical (unpaired) electrons. The van der Waals surface area contributed by atoms with Crippen LogP contribution in [-0.4, -0.2) is 35.8 Å². The number of rotatable bonds is 6. The summed E-state index contributed by atoms with van der Waals surface area (Å²) in [4.78, 5) is 24.4. The highest BCUT2D eigenvalue weighted by Gasteiger charge is 2.21. The second kappa shape index (κ2) is 12.9. The predicted octanol–water partition coefficient (Wildman–Crippen LogP) is 12.1. The lowest BCUT2D eigenvalue weighted by Gasteiger charge is -2.18. The molecule has 7 heteroatoms. The molecular formula is C50H33N7. The number of benzene rings is 6. The first-order valence-corrected chi connectivity index (χ1v) is 18.9. The highest BCUT2D eigenvalue weighted by molar-refractivity contribution is 6.20. The van der Waals surface area contributed by atoms with Crippen molar-refractivity contribution in [3.05, 3.63) is 176 Å². The summed E-state index contributed by atoms with van der Waals surface area (Å²) >= 11 is 0. The molecule has 0 amide bonds. The Morgan fingerprint density at radius 3 is 2.04 bits per heavy atom. The number of aliphatic imine (C=N–C) groups is 1. The van der Waals surface area contributed by atoms with Gasteiger partial charge in [0.2, 0.25) is 0 Å². The topological polar surface area (TPSA) is 73.8 Å². The molecule has 11 rings (SSSR count). The SMILES string of the molecule is C=N/C(=C\n1cc(-c2ccccc2)nc1C)c1c2ccccc2c(-c2ccc3c(c2)c2cccnc2n3-c2ccc3ccc4cccnc4c3n2)c2ccccc12. The highest BCUT2D eigenvalue weighted by Crippen LogP contribution is 2.44. The first kappa shape index (κ1) is 32.6. The third-order valence-corrected chi connectivity index (χ3v) is 11.1. The van der Waals surface area contributed by atoms with Crippen molar-refractivity contribution in [1.29, 1.82) is 0 Å². The summed E-state index contributed by atoms with van der Waals surface area (Å²) < 4.78 is 4.22. The quantitative estimate of drug-likeness (QED) is 0.0969. The molecule has 5 aromatic heterocycles. The molecule has 268 valence electrons. The maximum absolute atomic E-state index is 5.23. The van der Waals surface area contributed by atoms with Gasteiger partial charge in [-0.05, 0) is 88.8 Å². The molecule has 0 aliphatic heterocycles. The second-order valence-electron chi connectivity index (χ2n) is 14.3. The van der Waals surface area contributed by atoms with Crippen molar-refractivity contribution in [1.82, 2.24) is 29.1 Å². The fraction of sp³-hybridized carbons (Fsp3) is 0.0200. The Bertz CT molecular complexity index is 3390. The summed E-state index contributed by atoms with van der Waals surface area (Å²) in [5, 5.41) is 8.71. The van der Waals surface area contributed by atoms with Gasteiger partial charge < -0.3 is 4.57 Å². The van der Waals surface area contributed by atoms with Crippen molar-refractivity contribution in [3.63, 3.8) is 0 Å². The molecule has 0 fully saturated rings. The highest BCUT2D eigenvalue weighted by atomic mass is 15.1. The molecular weight excluding hydrogens is 699 g/mol. The monoisotopic (exact) mass is 731 g/mol. The molecule has 0 spiro atoms. The fourth-order valence-corrected chi connectivity index (χ4v) is 8.47. The summed E-state index contributed by atoms with van der Waals surface area (Å²) in [5.41, 5.74) is 9.68. The minimum atomic E-state index is 0.768. The maximum atomic E-state index is 5.23. The van der Waals surface area contributed by atoms with E-state index in [4.69, 9.17) is 19.9 Å². The number of aryl methyl sites for hydroxylation is 1. The Balaban J connectivity index is 1.12. The van der Waals surface area contributed by atoms with E-state index in [1.54, 1.807) is 0 Å². The summed E-state index contributed by atoms with van der Waals surface area (Å²) in [5.74, 6) is 1.67. The average molecular weight is 732 g/mol. The predicted molar refractivity (Wildman–Crippen MR) is 236 cm³/mol. The lowest BCUT2D eigenvalue weighted by atomic mass is 9.87. The molecule has 0 saturated carbocycles. The second-order valence-corrected chi connectivity index (χ2v) is 14.3. The molecule has 0 unspecified atom stereocenters. The maximum Gasteiger partial charge on any atom is 0.146 e. The van der Waals surface area contributed by atoms with Crippen LogP contribution in [0.25, 0.3) is 105 Å². The van der Waals surface area contributed by atoms with Gasteiger partial charge in [-0.2, -0.15) is 0 Å². The third kappa shape index (κ3) is 5.17. The molecule has 0 aliphatic rings. The zero-order valence-corrected chi connectivity index (χ0v) is 31.0. The van der Waals surface area contributed by atoms with E-state index in [1.807, 2.05) is 60.4 Å². The molecule has 0 atom stereocenters. The van der Waals surface area contributed by atoms with E-state index in [-0.39, 0.29) is 0 Å². The van der Waals surface area contributed by atoms with E-state index in [2.05, 4.69) is 138 Å². The van der Waals surface area contributed by atoms with Gasteiger partial charge in [-0.3, -0.25) is 14.5 Å². The average Bonchev–Trinajstić information content (AvgIpc) is 3.81. The number of nitrogens with zero attached hydrogens (tertiary/aromatic N) is 7. The summed E-state index contributed by atoms with van der Waals surface area (Å²) in [6.45, 7) is 6.09. The van der Waals surface area contributed by atoms with Gasteiger partial charge >= 0.3 is 0 Å². The van der Waals surface area contributed by atoms with Crippen molar-refractivity contribution < 1.29 is 0 Å². The van der Waals surface area contributed by atoms with Gasteiger partial charge in [0.15, 0.2) is 0 Å². The van der Waals surface area contributed by atoms with Crippen LogP contribution in [0.5, 0.6) is 0 Å². The summed E-state index contributed by atoms with van der Waals surface area (Å²) in [6, 6.07) is 50.8. The lowest BCUT2D eigenvalue weighted by molar-refractivity contribution is 1.03. The first-order chi connectivity index (χ1) is 28.1. The third-order valence-electron chi connectivity index (χ3n) is 11.1. The summed E-state index contributed by atoms with van der Waals surface area (Å²) in [6.07, 6.45) is 7.78. The van der Waals surface area contributed by atoms with E-state index in [1.165, 1.54) is 0 Å². The number of pyridine rings is 3. The minimum absolute atomic E-state index is 0.768. The van der Waals surface area contributed by atoms with E-state index >= 15 is 0 Å². The molecule has 0 aliphatic carbocycles. The number of hydrogen-bond acceptors (Lipinski definition) is 5. The normalized spacial score (nSPS) is 12.1. The Labute approximate surface area is 327 Å². The molecule has 6 aromatic carbocycles. The van der Waals surface area contributed by atoms with Crippen molar-refractivity contribution in [3.8, 4) is 28.2 Å². The largest absolute Gasteiger partial charge is 0.308 e. The lowest BCUT2D eigenvalue weighted by Crippen LogP contribution is -1.99. The van der Waals surface area contributed by atoms with Gasteiger partial charge in [0.05, 0.1) is 27.9 Å². The molecule has 7 nitrogen and oxygen atoms in total. The molecule has 0 saturated heterocycles. The Morgan fingerprint density at radius 1 is 0.596 bits per heavy atom. The molecule has 5 heterocycles. The number of hydrogen-bond donors (Lipinski definition) is 0. The van der Waals surface area contributed by atoms with E-state index in [0.29, 0.717) is 0 Å². The van der Waals surface area contributed by atoms with Crippen molar-refractivity contribution in [2.24, 2.45) is 4.99 Å². The van der Waals surface area contributed by atoms with Crippen LogP contribution in [0, 0.1) is 6.92 Å². The van der Waals surface area contributed by atoms with Gasteiger partial charge in [-0.15, -0.1) is 0 Å². The van der Waals surface area contributed by atoms with Crippen LogP contribution in [-0.2, 0) is 0 Å². The van der Waals surface area contributed by atoms with Gasteiger partial charge in [-0.25, -0.2) is 15.0 Å². The van der Waals surface area contributed by atoms with Crippen molar-refractivity contribution in [2.45, 2.75) is 6.92 Å². The minimum Gasteiger partial charge on any atom is -0.308 e. The zero-order valence-electron chi connectivity index (χ0n) is 31.0.